The molecule has 0 unspecified atom stereocenters. The van der Waals surface area contributed by atoms with Gasteiger partial charge in [-0.1, -0.05) is 30.3 Å². The first-order valence-corrected chi connectivity index (χ1v) is 10.2. The molecule has 0 amide bonds. The second-order valence-electron chi connectivity index (χ2n) is 6.61. The molecule has 4 rings (SSSR count). The lowest BCUT2D eigenvalue weighted by atomic mass is 10.1. The number of halogens is 2. The van der Waals surface area contributed by atoms with E-state index >= 15 is 0 Å². The Labute approximate surface area is 191 Å². The van der Waals surface area contributed by atoms with Crippen molar-refractivity contribution in [1.82, 2.24) is 0 Å². The normalized spacial score (nSPS) is 14.2. The molecule has 0 fully saturated rings. The average molecular weight is 496 g/mol. The van der Waals surface area contributed by atoms with Gasteiger partial charge >= 0.3 is 11.9 Å². The highest BCUT2D eigenvalue weighted by Crippen LogP contribution is 2.38. The minimum absolute atomic E-state index is 0.0744. The third-order valence-corrected chi connectivity index (χ3v) is 5.07. The van der Waals surface area contributed by atoms with Crippen LogP contribution in [0.4, 0.5) is 4.39 Å². The number of benzene rings is 3. The van der Waals surface area contributed by atoms with Gasteiger partial charge in [0.1, 0.15) is 5.82 Å². The highest BCUT2D eigenvalue weighted by atomic mass is 79.9. The van der Waals surface area contributed by atoms with Crippen LogP contribution in [0.25, 0.3) is 6.08 Å². The van der Waals surface area contributed by atoms with Crippen molar-refractivity contribution in [3.63, 3.8) is 0 Å². The number of ether oxygens (including phenoxy) is 3. The molecule has 160 valence electrons. The molecule has 1 aliphatic heterocycles. The number of methoxy groups -OCH3 is 1. The molecule has 0 spiro atoms. The van der Waals surface area contributed by atoms with Gasteiger partial charge in [-0.3, -0.25) is 0 Å². The number of rotatable bonds is 5. The molecular weight excluding hydrogens is 481 g/mol. The number of carbonyl (C=O) groups excluding carboxylic acids is 2. The molecule has 0 bridgehead atoms. The first-order chi connectivity index (χ1) is 15.5. The molecule has 1 aliphatic rings. The summed E-state index contributed by atoms with van der Waals surface area (Å²) < 4.78 is 30.2. The highest BCUT2D eigenvalue weighted by Gasteiger charge is 2.25. The van der Waals surface area contributed by atoms with E-state index in [-0.39, 0.29) is 28.7 Å². The van der Waals surface area contributed by atoms with Crippen LogP contribution in [0.3, 0.4) is 0 Å². The second-order valence-corrected chi connectivity index (χ2v) is 7.46. The second kappa shape index (κ2) is 9.15. The Morgan fingerprint density at radius 2 is 1.81 bits per heavy atom. The van der Waals surface area contributed by atoms with E-state index in [0.717, 1.165) is 0 Å². The SMILES string of the molecule is COc1cc(/C=C2/N=C(c3ccccc3)OC2=O)cc(Br)c1OC(=O)c1ccccc1F. The van der Waals surface area contributed by atoms with Crippen molar-refractivity contribution in [2.24, 2.45) is 4.99 Å². The minimum atomic E-state index is -0.871. The zero-order valence-electron chi connectivity index (χ0n) is 16.7. The maximum absolute atomic E-state index is 13.9. The Kier molecular flexibility index (Phi) is 6.13. The van der Waals surface area contributed by atoms with Crippen LogP contribution in [-0.4, -0.2) is 24.9 Å². The van der Waals surface area contributed by atoms with Gasteiger partial charge in [0.05, 0.1) is 17.1 Å². The highest BCUT2D eigenvalue weighted by molar-refractivity contribution is 9.10. The summed E-state index contributed by atoms with van der Waals surface area (Å²) in [5.41, 5.74) is 1.13. The number of hydrogen-bond donors (Lipinski definition) is 0. The Hall–Kier alpha value is -3.78. The minimum Gasteiger partial charge on any atom is -0.493 e. The van der Waals surface area contributed by atoms with Gasteiger partial charge < -0.3 is 14.2 Å². The van der Waals surface area contributed by atoms with Crippen LogP contribution in [0.5, 0.6) is 11.5 Å². The molecule has 8 heteroatoms. The topological polar surface area (TPSA) is 74.2 Å². The summed E-state index contributed by atoms with van der Waals surface area (Å²) in [4.78, 5) is 28.9. The molecule has 0 saturated heterocycles. The summed E-state index contributed by atoms with van der Waals surface area (Å²) in [6.07, 6.45) is 1.52. The lowest BCUT2D eigenvalue weighted by Gasteiger charge is -2.12. The molecule has 0 atom stereocenters. The molecule has 0 radical (unpaired) electrons. The van der Waals surface area contributed by atoms with E-state index in [9.17, 15) is 14.0 Å². The van der Waals surface area contributed by atoms with Gasteiger partial charge in [0.2, 0.25) is 5.90 Å². The van der Waals surface area contributed by atoms with Gasteiger partial charge in [-0.05, 0) is 64.0 Å². The summed E-state index contributed by atoms with van der Waals surface area (Å²) >= 11 is 3.34. The molecular formula is C24H15BrFNO5. The fourth-order valence-corrected chi connectivity index (χ4v) is 3.51. The van der Waals surface area contributed by atoms with Crippen LogP contribution in [0.1, 0.15) is 21.5 Å². The predicted molar refractivity (Wildman–Crippen MR) is 119 cm³/mol. The maximum Gasteiger partial charge on any atom is 0.363 e. The maximum atomic E-state index is 13.9. The number of esters is 2. The third kappa shape index (κ3) is 4.45. The zero-order chi connectivity index (χ0) is 22.7. The van der Waals surface area contributed by atoms with Crippen LogP contribution in [0.2, 0.25) is 0 Å². The first-order valence-electron chi connectivity index (χ1n) is 9.38. The van der Waals surface area contributed by atoms with E-state index in [0.29, 0.717) is 15.6 Å². The van der Waals surface area contributed by atoms with Crippen molar-refractivity contribution in [2.75, 3.05) is 7.11 Å². The standard InChI is InChI=1S/C24H15BrFNO5/c1-30-20-13-14(12-19-24(29)32-22(27-19)15-7-3-2-4-8-15)11-17(25)21(20)31-23(28)16-9-5-6-10-18(16)26/h2-13H,1H3/b19-12+. The van der Waals surface area contributed by atoms with Crippen LogP contribution >= 0.6 is 15.9 Å². The summed E-state index contributed by atoms with van der Waals surface area (Å²) in [6, 6.07) is 17.7. The van der Waals surface area contributed by atoms with Crippen molar-refractivity contribution in [1.29, 1.82) is 0 Å². The van der Waals surface area contributed by atoms with Crippen LogP contribution in [-0.2, 0) is 9.53 Å². The Morgan fingerprint density at radius 3 is 2.53 bits per heavy atom. The van der Waals surface area contributed by atoms with E-state index in [1.54, 1.807) is 24.3 Å². The van der Waals surface area contributed by atoms with Gasteiger partial charge in [0.25, 0.3) is 0 Å². The Balaban J connectivity index is 1.64. The Bertz CT molecular complexity index is 1270. The number of nitrogens with zero attached hydrogens (tertiary/aromatic N) is 1. The van der Waals surface area contributed by atoms with Gasteiger partial charge in [-0.25, -0.2) is 19.0 Å². The largest absolute Gasteiger partial charge is 0.493 e. The average Bonchev–Trinajstić information content (AvgIpc) is 3.16. The molecule has 6 nitrogen and oxygen atoms in total. The van der Waals surface area contributed by atoms with Crippen molar-refractivity contribution < 1.29 is 28.2 Å². The third-order valence-electron chi connectivity index (χ3n) is 4.48. The van der Waals surface area contributed by atoms with E-state index in [1.165, 1.54) is 37.5 Å². The monoisotopic (exact) mass is 495 g/mol. The zero-order valence-corrected chi connectivity index (χ0v) is 18.3. The molecule has 0 aromatic heterocycles. The number of hydrogen-bond acceptors (Lipinski definition) is 6. The van der Waals surface area contributed by atoms with Gasteiger partial charge in [-0.15, -0.1) is 0 Å². The van der Waals surface area contributed by atoms with Gasteiger partial charge in [-0.2, -0.15) is 0 Å². The molecule has 1 heterocycles. The summed E-state index contributed by atoms with van der Waals surface area (Å²) in [6.45, 7) is 0. The van der Waals surface area contributed by atoms with Crippen LogP contribution < -0.4 is 9.47 Å². The lowest BCUT2D eigenvalue weighted by molar-refractivity contribution is -0.129. The first kappa shape index (κ1) is 21.5. The summed E-state index contributed by atoms with van der Waals surface area (Å²) in [5.74, 6) is -1.66. The van der Waals surface area contributed by atoms with E-state index in [1.807, 2.05) is 18.2 Å². The predicted octanol–water partition coefficient (Wildman–Crippen LogP) is 5.16. The van der Waals surface area contributed by atoms with Gasteiger partial charge in [0.15, 0.2) is 17.2 Å². The number of cyclic esters (lactones) is 1. The Morgan fingerprint density at radius 1 is 1.09 bits per heavy atom. The van der Waals surface area contributed by atoms with Crippen molar-refractivity contribution in [2.45, 2.75) is 0 Å². The number of aliphatic imine (C=N–C) groups is 1. The van der Waals surface area contributed by atoms with Gasteiger partial charge in [0, 0.05) is 5.56 Å². The molecule has 3 aromatic rings. The van der Waals surface area contributed by atoms with Crippen LogP contribution in [0.15, 0.2) is 81.9 Å². The van der Waals surface area contributed by atoms with E-state index < -0.39 is 17.8 Å². The lowest BCUT2D eigenvalue weighted by Crippen LogP contribution is -2.11. The fourth-order valence-electron chi connectivity index (χ4n) is 2.97. The quantitative estimate of drug-likeness (QED) is 0.277. The van der Waals surface area contributed by atoms with E-state index in [2.05, 4.69) is 20.9 Å². The van der Waals surface area contributed by atoms with Crippen LogP contribution in [0, 0.1) is 5.82 Å². The van der Waals surface area contributed by atoms with Crippen molar-refractivity contribution in [3.05, 3.63) is 99.4 Å². The molecule has 0 N–H and O–H groups in total. The molecule has 0 saturated carbocycles. The molecule has 32 heavy (non-hydrogen) atoms. The van der Waals surface area contributed by atoms with Crippen molar-refractivity contribution in [3.8, 4) is 11.5 Å². The summed E-state index contributed by atoms with van der Waals surface area (Å²) in [5, 5.41) is 0. The molecule has 3 aromatic carbocycles. The van der Waals surface area contributed by atoms with E-state index in [4.69, 9.17) is 14.2 Å². The smallest absolute Gasteiger partial charge is 0.363 e. The summed E-state index contributed by atoms with van der Waals surface area (Å²) in [7, 11) is 1.40. The fraction of sp³-hybridized carbons (Fsp3) is 0.0417. The molecule has 0 aliphatic carbocycles. The van der Waals surface area contributed by atoms with Crippen molar-refractivity contribution >= 4 is 39.8 Å². The number of carbonyl (C=O) groups is 2.